The van der Waals surface area contributed by atoms with Gasteiger partial charge in [-0.3, -0.25) is 9.59 Å². The van der Waals surface area contributed by atoms with Gasteiger partial charge in [-0.05, 0) is 23.6 Å². The van der Waals surface area contributed by atoms with E-state index in [9.17, 15) is 9.59 Å². The number of nitrogens with one attached hydrogen (secondary N) is 1. The number of benzene rings is 1. The SMILES string of the molecule is CCC(NC(=O)Cc1ccccc1)C(=O)Cl. The van der Waals surface area contributed by atoms with E-state index in [1.807, 2.05) is 30.3 Å². The molecule has 0 fully saturated rings. The fourth-order valence-electron chi connectivity index (χ4n) is 1.35. The normalized spacial score (nSPS) is 11.9. The van der Waals surface area contributed by atoms with Gasteiger partial charge < -0.3 is 5.32 Å². The number of carbonyl (C=O) groups excluding carboxylic acids is 2. The van der Waals surface area contributed by atoms with Gasteiger partial charge in [-0.25, -0.2) is 0 Å². The third-order valence-corrected chi connectivity index (χ3v) is 2.49. The average Bonchev–Trinajstić information content (AvgIpc) is 2.27. The highest BCUT2D eigenvalue weighted by atomic mass is 35.5. The van der Waals surface area contributed by atoms with Crippen molar-refractivity contribution in [2.75, 3.05) is 0 Å². The highest BCUT2D eigenvalue weighted by Gasteiger charge is 2.16. The van der Waals surface area contributed by atoms with Crippen molar-refractivity contribution < 1.29 is 9.59 Å². The monoisotopic (exact) mass is 239 g/mol. The first-order valence-electron chi connectivity index (χ1n) is 5.16. The van der Waals surface area contributed by atoms with E-state index in [1.165, 1.54) is 0 Å². The summed E-state index contributed by atoms with van der Waals surface area (Å²) in [6, 6.07) is 8.77. The number of hydrogen-bond acceptors (Lipinski definition) is 2. The Morgan fingerprint density at radius 2 is 1.94 bits per heavy atom. The highest BCUT2D eigenvalue weighted by Crippen LogP contribution is 2.01. The molecule has 0 aliphatic carbocycles. The van der Waals surface area contributed by atoms with Crippen LogP contribution in [0.2, 0.25) is 0 Å². The lowest BCUT2D eigenvalue weighted by molar-refractivity contribution is -0.124. The summed E-state index contributed by atoms with van der Waals surface area (Å²) in [5, 5.41) is 2.07. The Hall–Kier alpha value is -1.35. The van der Waals surface area contributed by atoms with Crippen LogP contribution in [0.5, 0.6) is 0 Å². The van der Waals surface area contributed by atoms with Crippen LogP contribution in [0.3, 0.4) is 0 Å². The van der Waals surface area contributed by atoms with E-state index >= 15 is 0 Å². The molecule has 0 aliphatic rings. The molecule has 0 bridgehead atoms. The van der Waals surface area contributed by atoms with E-state index in [0.717, 1.165) is 5.56 Å². The predicted molar refractivity (Wildman–Crippen MR) is 63.2 cm³/mol. The van der Waals surface area contributed by atoms with E-state index in [4.69, 9.17) is 11.6 Å². The van der Waals surface area contributed by atoms with Crippen LogP contribution in [0.1, 0.15) is 18.9 Å². The Bertz CT molecular complexity index is 365. The minimum atomic E-state index is -0.585. The largest absolute Gasteiger partial charge is 0.345 e. The summed E-state index contributed by atoms with van der Waals surface area (Å²) in [6.07, 6.45) is 0.768. The second kappa shape index (κ2) is 6.28. The van der Waals surface area contributed by atoms with Gasteiger partial charge in [0.05, 0.1) is 6.42 Å². The molecule has 1 unspecified atom stereocenters. The molecule has 1 N–H and O–H groups in total. The van der Waals surface area contributed by atoms with E-state index < -0.39 is 11.3 Å². The summed E-state index contributed by atoms with van der Waals surface area (Å²) in [5.74, 6) is -0.188. The van der Waals surface area contributed by atoms with Crippen molar-refractivity contribution in [2.24, 2.45) is 0 Å². The lowest BCUT2D eigenvalue weighted by Gasteiger charge is -2.12. The summed E-state index contributed by atoms with van der Waals surface area (Å²) in [5.41, 5.74) is 0.914. The molecule has 1 aromatic carbocycles. The fraction of sp³-hybridized carbons (Fsp3) is 0.333. The molecule has 0 radical (unpaired) electrons. The quantitative estimate of drug-likeness (QED) is 0.798. The van der Waals surface area contributed by atoms with Crippen molar-refractivity contribution in [3.63, 3.8) is 0 Å². The molecule has 0 saturated carbocycles. The molecule has 0 aromatic heterocycles. The number of amides is 1. The van der Waals surface area contributed by atoms with Crippen molar-refractivity contribution >= 4 is 22.8 Å². The van der Waals surface area contributed by atoms with Crippen molar-refractivity contribution in [3.8, 4) is 0 Å². The van der Waals surface area contributed by atoms with Crippen molar-refractivity contribution in [3.05, 3.63) is 35.9 Å². The Morgan fingerprint density at radius 1 is 1.31 bits per heavy atom. The van der Waals surface area contributed by atoms with Crippen molar-refractivity contribution in [1.29, 1.82) is 0 Å². The number of rotatable bonds is 5. The first-order chi connectivity index (χ1) is 7.63. The second-order valence-corrected chi connectivity index (χ2v) is 3.87. The molecule has 1 aromatic rings. The molecular formula is C12H14ClNO2. The van der Waals surface area contributed by atoms with Crippen LogP contribution in [0.15, 0.2) is 30.3 Å². The van der Waals surface area contributed by atoms with Gasteiger partial charge in [0.2, 0.25) is 11.1 Å². The van der Waals surface area contributed by atoms with E-state index in [-0.39, 0.29) is 12.3 Å². The Labute approximate surface area is 99.8 Å². The van der Waals surface area contributed by atoms with E-state index in [2.05, 4.69) is 5.32 Å². The summed E-state index contributed by atoms with van der Waals surface area (Å²) in [6.45, 7) is 1.80. The zero-order chi connectivity index (χ0) is 12.0. The zero-order valence-electron chi connectivity index (χ0n) is 9.07. The number of halogens is 1. The zero-order valence-corrected chi connectivity index (χ0v) is 9.83. The molecule has 86 valence electrons. The molecular weight excluding hydrogens is 226 g/mol. The molecule has 3 nitrogen and oxygen atoms in total. The van der Waals surface area contributed by atoms with Crippen LogP contribution in [-0.2, 0) is 16.0 Å². The van der Waals surface area contributed by atoms with Crippen molar-refractivity contribution in [1.82, 2.24) is 5.32 Å². The molecule has 0 heterocycles. The molecule has 1 atom stereocenters. The van der Waals surface area contributed by atoms with Gasteiger partial charge in [-0.15, -0.1) is 0 Å². The minimum Gasteiger partial charge on any atom is -0.345 e. The Balaban J connectivity index is 2.50. The van der Waals surface area contributed by atoms with Gasteiger partial charge in [-0.1, -0.05) is 37.3 Å². The summed E-state index contributed by atoms with van der Waals surface area (Å²) >= 11 is 5.34. The van der Waals surface area contributed by atoms with Crippen LogP contribution in [-0.4, -0.2) is 17.2 Å². The van der Waals surface area contributed by atoms with Crippen LogP contribution >= 0.6 is 11.6 Å². The maximum atomic E-state index is 11.6. The van der Waals surface area contributed by atoms with Crippen LogP contribution in [0.25, 0.3) is 0 Å². The maximum absolute atomic E-state index is 11.6. The molecule has 0 aliphatic heterocycles. The van der Waals surface area contributed by atoms with Crippen LogP contribution in [0.4, 0.5) is 0 Å². The molecule has 0 saturated heterocycles. The summed E-state index contributed by atoms with van der Waals surface area (Å²) < 4.78 is 0. The van der Waals surface area contributed by atoms with Gasteiger partial charge in [0.1, 0.15) is 6.04 Å². The second-order valence-electron chi connectivity index (χ2n) is 3.49. The van der Waals surface area contributed by atoms with Crippen LogP contribution in [0, 0.1) is 0 Å². The third-order valence-electron chi connectivity index (χ3n) is 2.22. The summed E-state index contributed by atoms with van der Waals surface area (Å²) in [7, 11) is 0. The molecule has 1 rings (SSSR count). The number of hydrogen-bond donors (Lipinski definition) is 1. The summed E-state index contributed by atoms with van der Waals surface area (Å²) in [4.78, 5) is 22.5. The molecule has 16 heavy (non-hydrogen) atoms. The smallest absolute Gasteiger partial charge is 0.243 e. The molecule has 1 amide bonds. The van der Waals surface area contributed by atoms with Gasteiger partial charge >= 0.3 is 0 Å². The minimum absolute atomic E-state index is 0.188. The van der Waals surface area contributed by atoms with Crippen molar-refractivity contribution in [2.45, 2.75) is 25.8 Å². The van der Waals surface area contributed by atoms with Gasteiger partial charge in [-0.2, -0.15) is 0 Å². The lowest BCUT2D eigenvalue weighted by atomic mass is 10.1. The third kappa shape index (κ3) is 4.03. The predicted octanol–water partition coefficient (Wildman–Crippen LogP) is 1.89. The van der Waals surface area contributed by atoms with Crippen LogP contribution < -0.4 is 5.32 Å². The molecule has 0 spiro atoms. The van der Waals surface area contributed by atoms with Gasteiger partial charge in [0, 0.05) is 0 Å². The first kappa shape index (κ1) is 12.7. The maximum Gasteiger partial charge on any atom is 0.243 e. The first-order valence-corrected chi connectivity index (χ1v) is 5.54. The average molecular weight is 240 g/mol. The Kier molecular flexibility index (Phi) is 4.99. The Morgan fingerprint density at radius 3 is 2.44 bits per heavy atom. The van der Waals surface area contributed by atoms with E-state index in [0.29, 0.717) is 6.42 Å². The lowest BCUT2D eigenvalue weighted by Crippen LogP contribution is -2.39. The topological polar surface area (TPSA) is 46.2 Å². The van der Waals surface area contributed by atoms with E-state index in [1.54, 1.807) is 6.92 Å². The van der Waals surface area contributed by atoms with Gasteiger partial charge in [0.25, 0.3) is 0 Å². The highest BCUT2D eigenvalue weighted by molar-refractivity contribution is 6.64. The van der Waals surface area contributed by atoms with Gasteiger partial charge in [0.15, 0.2) is 0 Å². The fourth-order valence-corrected chi connectivity index (χ4v) is 1.55. The standard InChI is InChI=1S/C12H14ClNO2/c1-2-10(12(13)16)14-11(15)8-9-6-4-3-5-7-9/h3-7,10H,2,8H2,1H3,(H,14,15). The molecule has 4 heteroatoms. The number of carbonyl (C=O) groups is 2.